The van der Waals surface area contributed by atoms with Crippen molar-refractivity contribution in [2.24, 2.45) is 4.99 Å². The van der Waals surface area contributed by atoms with Gasteiger partial charge in [-0.3, -0.25) is 14.6 Å². The fourth-order valence-electron chi connectivity index (χ4n) is 2.79. The van der Waals surface area contributed by atoms with Crippen molar-refractivity contribution in [1.82, 2.24) is 5.32 Å². The number of rotatable bonds is 10. The van der Waals surface area contributed by atoms with Gasteiger partial charge in [-0.25, -0.2) is 0 Å². The van der Waals surface area contributed by atoms with Gasteiger partial charge in [0.05, 0.1) is 5.69 Å². The standard InChI is InChI=1S/C20H26N2O2S/c1-2-3-4-5-6-9-14-21-19(24)13-12-18(23)20(25)15-22-17-11-8-7-10-16(17)20/h7-8,10-13,15,25H,2-6,9,14H2,1H3,(H,21,24). The number of hydrogen-bond acceptors (Lipinski definition) is 4. The molecule has 0 spiro atoms. The summed E-state index contributed by atoms with van der Waals surface area (Å²) in [6.07, 6.45) is 11.2. The molecule has 0 aliphatic carbocycles. The zero-order valence-electron chi connectivity index (χ0n) is 14.7. The molecule has 2 rings (SSSR count). The second-order valence-electron chi connectivity index (χ2n) is 6.30. The Balaban J connectivity index is 1.77. The summed E-state index contributed by atoms with van der Waals surface area (Å²) in [6, 6.07) is 7.39. The number of allylic oxidation sites excluding steroid dienone is 1. The number of benzene rings is 1. The summed E-state index contributed by atoms with van der Waals surface area (Å²) in [5, 5.41) is 2.81. The molecule has 0 radical (unpaired) electrons. The molecule has 1 aromatic rings. The van der Waals surface area contributed by atoms with Crippen LogP contribution in [-0.4, -0.2) is 24.4 Å². The Morgan fingerprint density at radius 2 is 1.84 bits per heavy atom. The molecule has 25 heavy (non-hydrogen) atoms. The second kappa shape index (κ2) is 9.56. The van der Waals surface area contributed by atoms with Gasteiger partial charge in [-0.15, -0.1) is 0 Å². The number of carbonyl (C=O) groups excluding carboxylic acids is 2. The lowest BCUT2D eigenvalue weighted by Crippen LogP contribution is -2.29. The summed E-state index contributed by atoms with van der Waals surface area (Å²) in [4.78, 5) is 28.6. The van der Waals surface area contributed by atoms with Crippen LogP contribution in [0, 0.1) is 0 Å². The Kier molecular flexibility index (Phi) is 7.44. The van der Waals surface area contributed by atoms with Crippen molar-refractivity contribution in [3.05, 3.63) is 42.0 Å². The van der Waals surface area contributed by atoms with Gasteiger partial charge in [0.2, 0.25) is 5.91 Å². The first-order valence-corrected chi connectivity index (χ1v) is 9.40. The average Bonchev–Trinajstić information content (AvgIpc) is 2.97. The number of nitrogens with zero attached hydrogens (tertiary/aromatic N) is 1. The number of hydrogen-bond donors (Lipinski definition) is 2. The van der Waals surface area contributed by atoms with Gasteiger partial charge in [-0.1, -0.05) is 57.2 Å². The molecule has 0 bridgehead atoms. The lowest BCUT2D eigenvalue weighted by Gasteiger charge is -2.17. The number of nitrogens with one attached hydrogen (secondary N) is 1. The van der Waals surface area contributed by atoms with E-state index >= 15 is 0 Å². The Morgan fingerprint density at radius 3 is 2.64 bits per heavy atom. The average molecular weight is 359 g/mol. The normalized spacial score (nSPS) is 18.5. The largest absolute Gasteiger partial charge is 0.353 e. The Labute approximate surface area is 155 Å². The molecule has 1 aliphatic heterocycles. The molecule has 0 aromatic heterocycles. The van der Waals surface area contributed by atoms with Crippen LogP contribution < -0.4 is 5.32 Å². The molecule has 0 fully saturated rings. The third kappa shape index (κ3) is 5.30. The van der Waals surface area contributed by atoms with Gasteiger partial charge in [0, 0.05) is 24.4 Å². The van der Waals surface area contributed by atoms with Crippen molar-refractivity contribution in [3.63, 3.8) is 0 Å². The van der Waals surface area contributed by atoms with Crippen LogP contribution in [0.2, 0.25) is 0 Å². The van der Waals surface area contributed by atoms with Crippen LogP contribution in [0.3, 0.4) is 0 Å². The molecular weight excluding hydrogens is 332 g/mol. The van der Waals surface area contributed by atoms with Crippen molar-refractivity contribution < 1.29 is 9.59 Å². The highest BCUT2D eigenvalue weighted by Crippen LogP contribution is 2.40. The minimum atomic E-state index is -1.09. The van der Waals surface area contributed by atoms with Crippen molar-refractivity contribution in [2.75, 3.05) is 6.54 Å². The monoisotopic (exact) mass is 358 g/mol. The molecule has 1 aliphatic rings. The topological polar surface area (TPSA) is 58.5 Å². The molecule has 1 aromatic carbocycles. The van der Waals surface area contributed by atoms with Crippen LogP contribution >= 0.6 is 12.6 Å². The zero-order chi connectivity index (χ0) is 18.1. The van der Waals surface area contributed by atoms with Crippen LogP contribution in [0.15, 0.2) is 41.4 Å². The van der Waals surface area contributed by atoms with Gasteiger partial charge in [0.15, 0.2) is 5.78 Å². The number of carbonyl (C=O) groups is 2. The van der Waals surface area contributed by atoms with E-state index in [4.69, 9.17) is 0 Å². The molecular formula is C20H26N2O2S. The Hall–Kier alpha value is -1.88. The van der Waals surface area contributed by atoms with Gasteiger partial charge in [-0.2, -0.15) is 12.6 Å². The van der Waals surface area contributed by atoms with Crippen LogP contribution in [0.5, 0.6) is 0 Å². The van der Waals surface area contributed by atoms with Crippen molar-refractivity contribution in [1.29, 1.82) is 0 Å². The first-order valence-electron chi connectivity index (χ1n) is 8.95. The maximum atomic E-state index is 12.5. The molecule has 5 heteroatoms. The van der Waals surface area contributed by atoms with E-state index in [9.17, 15) is 9.59 Å². The summed E-state index contributed by atoms with van der Waals surface area (Å²) in [6.45, 7) is 2.83. The number of unbranched alkanes of at least 4 members (excludes halogenated alkanes) is 5. The number of fused-ring (bicyclic) bond motifs is 1. The highest BCUT2D eigenvalue weighted by Gasteiger charge is 2.38. The fraction of sp³-hybridized carbons (Fsp3) is 0.450. The van der Waals surface area contributed by atoms with Gasteiger partial charge >= 0.3 is 0 Å². The first kappa shape index (κ1) is 19.4. The SMILES string of the molecule is CCCCCCCCNC(=O)C=CC(=O)C1(S)C=Nc2ccccc21. The number of thiol groups is 1. The summed E-state index contributed by atoms with van der Waals surface area (Å²) in [7, 11) is 0. The zero-order valence-corrected chi connectivity index (χ0v) is 15.6. The van der Waals surface area contributed by atoms with Crippen LogP contribution in [0.4, 0.5) is 5.69 Å². The Bertz CT molecular complexity index is 669. The number of aliphatic imine (C=N–C) groups is 1. The molecule has 1 N–H and O–H groups in total. The molecule has 1 unspecified atom stereocenters. The van der Waals surface area contributed by atoms with E-state index in [1.54, 1.807) is 0 Å². The fourth-order valence-corrected chi connectivity index (χ4v) is 3.11. The molecule has 4 nitrogen and oxygen atoms in total. The van der Waals surface area contributed by atoms with Gasteiger partial charge < -0.3 is 5.32 Å². The summed E-state index contributed by atoms with van der Waals surface area (Å²) in [5.41, 5.74) is 1.49. The van der Waals surface area contributed by atoms with E-state index in [2.05, 4.69) is 29.9 Å². The number of ketones is 1. The van der Waals surface area contributed by atoms with E-state index in [0.29, 0.717) is 6.54 Å². The number of amides is 1. The van der Waals surface area contributed by atoms with E-state index in [0.717, 1.165) is 24.1 Å². The maximum Gasteiger partial charge on any atom is 0.244 e. The third-order valence-corrected chi connectivity index (χ3v) is 4.87. The van der Waals surface area contributed by atoms with E-state index in [1.165, 1.54) is 44.0 Å². The lowest BCUT2D eigenvalue weighted by molar-refractivity contribution is -0.118. The third-order valence-electron chi connectivity index (χ3n) is 4.30. The van der Waals surface area contributed by atoms with Gasteiger partial charge in [0.25, 0.3) is 0 Å². The quantitative estimate of drug-likeness (QED) is 0.375. The smallest absolute Gasteiger partial charge is 0.244 e. The van der Waals surface area contributed by atoms with Crippen LogP contribution in [-0.2, 0) is 14.3 Å². The van der Waals surface area contributed by atoms with E-state index in [1.807, 2.05) is 24.3 Å². The van der Waals surface area contributed by atoms with Gasteiger partial charge in [0.1, 0.15) is 4.75 Å². The van der Waals surface area contributed by atoms with Crippen molar-refractivity contribution in [2.45, 2.75) is 50.2 Å². The Morgan fingerprint density at radius 1 is 1.12 bits per heavy atom. The van der Waals surface area contributed by atoms with E-state index in [-0.39, 0.29) is 11.7 Å². The second-order valence-corrected chi connectivity index (χ2v) is 7.00. The summed E-state index contributed by atoms with van der Waals surface area (Å²) >= 11 is 4.50. The minimum absolute atomic E-state index is 0.248. The predicted octanol–water partition coefficient (Wildman–Crippen LogP) is 4.13. The van der Waals surface area contributed by atoms with Gasteiger partial charge in [-0.05, 0) is 18.6 Å². The molecule has 134 valence electrons. The van der Waals surface area contributed by atoms with E-state index < -0.39 is 4.75 Å². The minimum Gasteiger partial charge on any atom is -0.353 e. The first-order chi connectivity index (χ1) is 12.1. The molecule has 1 heterocycles. The lowest BCUT2D eigenvalue weighted by atomic mass is 9.95. The molecule has 1 amide bonds. The van der Waals surface area contributed by atoms with Crippen LogP contribution in [0.25, 0.3) is 0 Å². The molecule has 0 saturated heterocycles. The maximum absolute atomic E-state index is 12.5. The van der Waals surface area contributed by atoms with Crippen molar-refractivity contribution >= 4 is 36.2 Å². The highest BCUT2D eigenvalue weighted by atomic mass is 32.1. The summed E-state index contributed by atoms with van der Waals surface area (Å²) in [5.74, 6) is -0.513. The number of para-hydroxylation sites is 1. The van der Waals surface area contributed by atoms with Crippen LogP contribution in [0.1, 0.15) is 51.0 Å². The summed E-state index contributed by atoms with van der Waals surface area (Å²) < 4.78 is -1.09. The predicted molar refractivity (Wildman–Crippen MR) is 106 cm³/mol. The van der Waals surface area contributed by atoms with Crippen molar-refractivity contribution in [3.8, 4) is 0 Å². The molecule has 0 saturated carbocycles. The molecule has 1 atom stereocenters. The highest BCUT2D eigenvalue weighted by molar-refractivity contribution is 7.83.